The zero-order chi connectivity index (χ0) is 19.2. The Balaban J connectivity index is 0.00000225. The molecule has 4 nitrogen and oxygen atoms in total. The Bertz CT molecular complexity index is 1110. The number of aryl methyl sites for hydroxylation is 1. The number of aromatic nitrogens is 3. The smallest absolute Gasteiger partial charge is 0.187 e. The van der Waals surface area contributed by atoms with Crippen molar-refractivity contribution in [3.63, 3.8) is 0 Å². The molecule has 0 saturated heterocycles. The van der Waals surface area contributed by atoms with E-state index in [9.17, 15) is 4.39 Å². The van der Waals surface area contributed by atoms with E-state index in [0.717, 1.165) is 27.9 Å². The molecule has 0 aliphatic heterocycles. The minimum Gasteiger partial charge on any atom is -0.332 e. The zero-order valence-electron chi connectivity index (χ0n) is 16.2. The van der Waals surface area contributed by atoms with E-state index in [4.69, 9.17) is 0 Å². The first-order valence-corrected chi connectivity index (χ1v) is 9.67. The molecule has 0 atom stereocenters. The van der Waals surface area contributed by atoms with Crippen molar-refractivity contribution >= 4 is 44.8 Å². The molecule has 3 heterocycles. The summed E-state index contributed by atoms with van der Waals surface area (Å²) in [4.78, 5) is 9.18. The van der Waals surface area contributed by atoms with Crippen LogP contribution in [0.1, 0.15) is 32.0 Å². The molecule has 0 radical (unpaired) electrons. The van der Waals surface area contributed by atoms with E-state index in [2.05, 4.69) is 60.3 Å². The van der Waals surface area contributed by atoms with Gasteiger partial charge >= 0.3 is 0 Å². The summed E-state index contributed by atoms with van der Waals surface area (Å²) in [5.41, 5.74) is 5.54. The van der Waals surface area contributed by atoms with Gasteiger partial charge in [-0.3, -0.25) is 4.40 Å². The van der Waals surface area contributed by atoms with Gasteiger partial charge < -0.3 is 5.32 Å². The summed E-state index contributed by atoms with van der Waals surface area (Å²) in [7, 11) is 0. The van der Waals surface area contributed by atoms with E-state index in [1.165, 1.54) is 29.2 Å². The highest BCUT2D eigenvalue weighted by atomic mass is 79.9. The molecule has 7 heteroatoms. The molecule has 1 N–H and O–H groups in total. The normalized spacial score (nSPS) is 11.5. The molecule has 3 aromatic heterocycles. The molecule has 0 spiro atoms. The number of hydrogen-bond donors (Lipinski definition) is 1. The average molecular weight is 461 g/mol. The highest BCUT2D eigenvalue weighted by Gasteiger charge is 2.16. The number of fused-ring (bicyclic) bond motifs is 1. The summed E-state index contributed by atoms with van der Waals surface area (Å²) in [6, 6.07) is 11.5. The van der Waals surface area contributed by atoms with Gasteiger partial charge in [0.1, 0.15) is 17.2 Å². The minimum absolute atomic E-state index is 0. The molecule has 0 unspecified atom stereocenters. The maximum absolute atomic E-state index is 13.7. The number of nitrogens with zero attached hydrogens (tertiary/aromatic N) is 3. The number of anilines is 2. The van der Waals surface area contributed by atoms with Crippen molar-refractivity contribution in [2.24, 2.45) is 0 Å². The standard InChI is InChI=1S/C21H21FN4S.BrH/c1-13-19(26-11-15(22)7-10-18(26)23-13)17-12-27-20(25-17)24-16-8-5-14(6-9-16)21(2,3)4;/h5-12H,1-4H3,(H,24,25);1H. The van der Waals surface area contributed by atoms with Crippen molar-refractivity contribution in [2.45, 2.75) is 33.1 Å². The number of thiazole rings is 1. The highest BCUT2D eigenvalue weighted by Crippen LogP contribution is 2.31. The quantitative estimate of drug-likeness (QED) is 0.378. The fourth-order valence-electron chi connectivity index (χ4n) is 3.06. The second-order valence-corrected chi connectivity index (χ2v) is 8.47. The monoisotopic (exact) mass is 460 g/mol. The molecule has 28 heavy (non-hydrogen) atoms. The number of pyridine rings is 1. The Hall–Kier alpha value is -2.25. The van der Waals surface area contributed by atoms with Gasteiger partial charge in [-0.15, -0.1) is 28.3 Å². The maximum atomic E-state index is 13.7. The van der Waals surface area contributed by atoms with Gasteiger partial charge in [0.15, 0.2) is 5.13 Å². The molecule has 0 aliphatic rings. The lowest BCUT2D eigenvalue weighted by atomic mass is 9.87. The van der Waals surface area contributed by atoms with Crippen LogP contribution in [0.5, 0.6) is 0 Å². The van der Waals surface area contributed by atoms with E-state index in [0.29, 0.717) is 5.65 Å². The van der Waals surface area contributed by atoms with Gasteiger partial charge in [-0.1, -0.05) is 32.9 Å². The van der Waals surface area contributed by atoms with Crippen molar-refractivity contribution < 1.29 is 4.39 Å². The van der Waals surface area contributed by atoms with E-state index in [1.54, 1.807) is 10.5 Å². The van der Waals surface area contributed by atoms with E-state index < -0.39 is 0 Å². The Labute approximate surface area is 178 Å². The first-order valence-electron chi connectivity index (χ1n) is 8.79. The lowest BCUT2D eigenvalue weighted by Crippen LogP contribution is -2.10. The van der Waals surface area contributed by atoms with Crippen molar-refractivity contribution in [1.29, 1.82) is 0 Å². The first-order chi connectivity index (χ1) is 12.8. The highest BCUT2D eigenvalue weighted by molar-refractivity contribution is 8.93. The average Bonchev–Trinajstić information content (AvgIpc) is 3.17. The molecule has 4 rings (SSSR count). The second-order valence-electron chi connectivity index (χ2n) is 7.61. The van der Waals surface area contributed by atoms with Crippen LogP contribution in [-0.2, 0) is 5.41 Å². The van der Waals surface area contributed by atoms with Gasteiger partial charge in [0.05, 0.1) is 11.4 Å². The van der Waals surface area contributed by atoms with Gasteiger partial charge in [0, 0.05) is 17.3 Å². The van der Waals surface area contributed by atoms with Gasteiger partial charge in [-0.25, -0.2) is 14.4 Å². The number of benzene rings is 1. The molecule has 1 aromatic carbocycles. The second kappa shape index (κ2) is 7.64. The van der Waals surface area contributed by atoms with Crippen LogP contribution in [0.15, 0.2) is 48.0 Å². The number of imidazole rings is 1. The molecule has 4 aromatic rings. The fraction of sp³-hybridized carbons (Fsp3) is 0.238. The van der Waals surface area contributed by atoms with Gasteiger partial charge in [0.25, 0.3) is 0 Å². The largest absolute Gasteiger partial charge is 0.332 e. The van der Waals surface area contributed by atoms with Crippen LogP contribution in [-0.4, -0.2) is 14.4 Å². The molecule has 0 bridgehead atoms. The van der Waals surface area contributed by atoms with Gasteiger partial charge in [-0.2, -0.15) is 0 Å². The van der Waals surface area contributed by atoms with Crippen LogP contribution in [0.4, 0.5) is 15.2 Å². The summed E-state index contributed by atoms with van der Waals surface area (Å²) >= 11 is 1.52. The van der Waals surface area contributed by atoms with Crippen molar-refractivity contribution in [3.8, 4) is 11.4 Å². The Morgan fingerprint density at radius 3 is 2.43 bits per heavy atom. The third kappa shape index (κ3) is 3.95. The fourth-order valence-corrected chi connectivity index (χ4v) is 3.78. The van der Waals surface area contributed by atoms with Crippen LogP contribution < -0.4 is 5.32 Å². The van der Waals surface area contributed by atoms with Crippen LogP contribution in [0.2, 0.25) is 0 Å². The van der Waals surface area contributed by atoms with Crippen LogP contribution >= 0.6 is 28.3 Å². The summed E-state index contributed by atoms with van der Waals surface area (Å²) in [6.45, 7) is 8.51. The number of halogens is 2. The summed E-state index contributed by atoms with van der Waals surface area (Å²) in [6.07, 6.45) is 1.45. The van der Waals surface area contributed by atoms with Crippen LogP contribution in [0.3, 0.4) is 0 Å². The Morgan fingerprint density at radius 2 is 1.75 bits per heavy atom. The molecular weight excluding hydrogens is 439 g/mol. The van der Waals surface area contributed by atoms with Crippen molar-refractivity contribution in [1.82, 2.24) is 14.4 Å². The predicted molar refractivity (Wildman–Crippen MR) is 120 cm³/mol. The predicted octanol–water partition coefficient (Wildman–Crippen LogP) is 6.52. The topological polar surface area (TPSA) is 42.2 Å². The van der Waals surface area contributed by atoms with Gasteiger partial charge in [-0.05, 0) is 42.2 Å². The third-order valence-corrected chi connectivity index (χ3v) is 5.26. The minimum atomic E-state index is -0.298. The SMILES string of the molecule is Br.Cc1nc2ccc(F)cn2c1-c1csc(Nc2ccc(C(C)(C)C)cc2)n1. The number of nitrogens with one attached hydrogen (secondary N) is 1. The Morgan fingerprint density at radius 1 is 1.04 bits per heavy atom. The van der Waals surface area contributed by atoms with Crippen LogP contribution in [0.25, 0.3) is 17.0 Å². The lowest BCUT2D eigenvalue weighted by Gasteiger charge is -2.19. The van der Waals surface area contributed by atoms with E-state index in [1.807, 2.05) is 12.3 Å². The molecule has 0 amide bonds. The third-order valence-electron chi connectivity index (χ3n) is 4.51. The molecule has 0 aliphatic carbocycles. The van der Waals surface area contributed by atoms with Crippen molar-refractivity contribution in [3.05, 3.63) is 65.0 Å². The molecule has 0 saturated carbocycles. The van der Waals surface area contributed by atoms with Gasteiger partial charge in [0.2, 0.25) is 0 Å². The number of hydrogen-bond acceptors (Lipinski definition) is 4. The van der Waals surface area contributed by atoms with E-state index in [-0.39, 0.29) is 28.2 Å². The summed E-state index contributed by atoms with van der Waals surface area (Å²) < 4.78 is 15.4. The maximum Gasteiger partial charge on any atom is 0.187 e. The van der Waals surface area contributed by atoms with Crippen LogP contribution in [0, 0.1) is 12.7 Å². The zero-order valence-corrected chi connectivity index (χ0v) is 18.7. The summed E-state index contributed by atoms with van der Waals surface area (Å²) in [5, 5.41) is 6.10. The first kappa shape index (κ1) is 20.5. The van der Waals surface area contributed by atoms with E-state index >= 15 is 0 Å². The molecule has 0 fully saturated rings. The lowest BCUT2D eigenvalue weighted by molar-refractivity contribution is 0.590. The number of rotatable bonds is 3. The molecular formula is C21H22BrFN4S. The summed E-state index contributed by atoms with van der Waals surface area (Å²) in [5.74, 6) is -0.298. The Kier molecular flexibility index (Phi) is 5.59. The molecule has 146 valence electrons. The van der Waals surface area contributed by atoms with Crippen molar-refractivity contribution in [2.75, 3.05) is 5.32 Å².